The number of nitrogens with zero attached hydrogens (tertiary/aromatic N) is 2. The molecule has 0 unspecified atom stereocenters. The molecule has 0 saturated heterocycles. The summed E-state index contributed by atoms with van der Waals surface area (Å²) in [5.74, 6) is -1.32. The normalized spacial score (nSPS) is 13.5. The van der Waals surface area contributed by atoms with Gasteiger partial charge in [0, 0.05) is 59.5 Å². The summed E-state index contributed by atoms with van der Waals surface area (Å²) in [7, 11) is 1.34. The van der Waals surface area contributed by atoms with Gasteiger partial charge in [-0.3, -0.25) is 4.79 Å². The quantitative estimate of drug-likeness (QED) is 0.568. The van der Waals surface area contributed by atoms with Crippen molar-refractivity contribution in [3.63, 3.8) is 0 Å². The fourth-order valence-corrected chi connectivity index (χ4v) is 3.35. The Morgan fingerprint density at radius 3 is 2.85 bits per heavy atom. The van der Waals surface area contributed by atoms with Gasteiger partial charge in [-0.25, -0.2) is 9.78 Å². The molecule has 1 aromatic carbocycles. The third-order valence-corrected chi connectivity index (χ3v) is 4.66. The lowest BCUT2D eigenvalue weighted by Gasteiger charge is -2.27. The zero-order valence-electron chi connectivity index (χ0n) is 14.1. The van der Waals surface area contributed by atoms with E-state index in [1.807, 2.05) is 6.07 Å². The monoisotopic (exact) mass is 353 g/mol. The molecule has 1 aliphatic rings. The lowest BCUT2D eigenvalue weighted by Crippen LogP contribution is -2.35. The first-order valence-electron chi connectivity index (χ1n) is 8.19. The van der Waals surface area contributed by atoms with Crippen LogP contribution in [-0.2, 0) is 17.7 Å². The van der Waals surface area contributed by atoms with Crippen LogP contribution < -0.4 is 0 Å². The van der Waals surface area contributed by atoms with Gasteiger partial charge in [0.2, 0.25) is 5.95 Å². The van der Waals surface area contributed by atoms with Crippen LogP contribution >= 0.6 is 0 Å². The average molecular weight is 353 g/mol. The van der Waals surface area contributed by atoms with Gasteiger partial charge in [-0.1, -0.05) is 0 Å². The molecule has 0 spiro atoms. The number of amides is 1. The number of carbonyl (C=O) groups is 2. The Balaban J connectivity index is 1.69. The van der Waals surface area contributed by atoms with Gasteiger partial charge < -0.3 is 14.6 Å². The Bertz CT molecular complexity index is 1030. The standard InChI is InChI=1S/C19H16FN3O3/c1-26-19(25)12-2-3-15-13(8-12)14-10-23(7-5-16(14)22-15)18(24)11-4-6-21-17(20)9-11/h2-4,6,8-9,22H,5,7,10H2,1H3. The zero-order chi connectivity index (χ0) is 18.3. The first-order chi connectivity index (χ1) is 12.6. The minimum Gasteiger partial charge on any atom is -0.465 e. The molecule has 1 amide bonds. The third-order valence-electron chi connectivity index (χ3n) is 4.66. The summed E-state index contributed by atoms with van der Waals surface area (Å²) >= 11 is 0. The minimum absolute atomic E-state index is 0.240. The van der Waals surface area contributed by atoms with Gasteiger partial charge >= 0.3 is 5.97 Å². The molecule has 0 radical (unpaired) electrons. The number of halogens is 1. The predicted molar refractivity (Wildman–Crippen MR) is 92.3 cm³/mol. The maximum absolute atomic E-state index is 13.3. The Labute approximate surface area is 148 Å². The van der Waals surface area contributed by atoms with Crippen LogP contribution in [0.5, 0.6) is 0 Å². The second kappa shape index (κ2) is 6.25. The van der Waals surface area contributed by atoms with Crippen molar-refractivity contribution in [1.82, 2.24) is 14.9 Å². The highest BCUT2D eigenvalue weighted by Gasteiger charge is 2.25. The summed E-state index contributed by atoms with van der Waals surface area (Å²) in [5, 5.41) is 0.890. The number of carbonyl (C=O) groups excluding carboxylic acids is 2. The van der Waals surface area contributed by atoms with E-state index in [9.17, 15) is 14.0 Å². The number of esters is 1. The number of aromatic nitrogens is 2. The summed E-state index contributed by atoms with van der Waals surface area (Å²) in [6.07, 6.45) is 1.95. The first kappa shape index (κ1) is 16.3. The maximum atomic E-state index is 13.3. The van der Waals surface area contributed by atoms with Crippen LogP contribution in [-0.4, -0.2) is 40.4 Å². The van der Waals surface area contributed by atoms with Crippen molar-refractivity contribution in [2.24, 2.45) is 0 Å². The first-order valence-corrected chi connectivity index (χ1v) is 8.19. The van der Waals surface area contributed by atoms with Gasteiger partial charge in [-0.05, 0) is 24.3 Å². The lowest BCUT2D eigenvalue weighted by molar-refractivity contribution is 0.0600. The number of ether oxygens (including phenoxy) is 1. The topological polar surface area (TPSA) is 75.3 Å². The Kier molecular flexibility index (Phi) is 3.91. The molecule has 4 rings (SSSR count). The SMILES string of the molecule is COC(=O)c1ccc2[nH]c3c(c2c1)CN(C(=O)c1ccnc(F)c1)CC3. The number of aromatic amines is 1. The van der Waals surface area contributed by atoms with Gasteiger partial charge in [-0.15, -0.1) is 0 Å². The number of rotatable bonds is 2. The number of benzene rings is 1. The smallest absolute Gasteiger partial charge is 0.337 e. The average Bonchev–Trinajstić information content (AvgIpc) is 3.03. The van der Waals surface area contributed by atoms with Gasteiger partial charge in [0.15, 0.2) is 0 Å². The van der Waals surface area contributed by atoms with Crippen LogP contribution in [0.2, 0.25) is 0 Å². The summed E-state index contributed by atoms with van der Waals surface area (Å²) in [5.41, 5.74) is 3.66. The molecular weight excluding hydrogens is 337 g/mol. The molecule has 7 heteroatoms. The van der Waals surface area contributed by atoms with Crippen LogP contribution in [0.3, 0.4) is 0 Å². The van der Waals surface area contributed by atoms with E-state index in [1.54, 1.807) is 17.0 Å². The number of fused-ring (bicyclic) bond motifs is 3. The van der Waals surface area contributed by atoms with Crippen molar-refractivity contribution >= 4 is 22.8 Å². The van der Waals surface area contributed by atoms with Gasteiger partial charge in [0.25, 0.3) is 5.91 Å². The van der Waals surface area contributed by atoms with Crippen LogP contribution in [0, 0.1) is 5.95 Å². The summed E-state index contributed by atoms with van der Waals surface area (Å²) in [6, 6.07) is 7.97. The maximum Gasteiger partial charge on any atom is 0.337 e. The second-order valence-corrected chi connectivity index (χ2v) is 6.18. The number of methoxy groups -OCH3 is 1. The lowest BCUT2D eigenvalue weighted by atomic mass is 10.0. The van der Waals surface area contributed by atoms with Crippen molar-refractivity contribution in [2.45, 2.75) is 13.0 Å². The highest BCUT2D eigenvalue weighted by atomic mass is 19.1. The highest BCUT2D eigenvalue weighted by molar-refractivity contribution is 5.97. The van der Waals surface area contributed by atoms with E-state index in [-0.39, 0.29) is 11.5 Å². The molecule has 0 bridgehead atoms. The minimum atomic E-state index is -0.677. The third kappa shape index (κ3) is 2.71. The summed E-state index contributed by atoms with van der Waals surface area (Å²) in [4.78, 5) is 33.0. The van der Waals surface area contributed by atoms with Crippen molar-refractivity contribution in [3.05, 3.63) is 64.9 Å². The molecule has 3 aromatic rings. The number of hydrogen-bond donors (Lipinski definition) is 1. The van der Waals surface area contributed by atoms with Crippen molar-refractivity contribution < 1.29 is 18.7 Å². The second-order valence-electron chi connectivity index (χ2n) is 6.18. The van der Waals surface area contributed by atoms with Crippen LogP contribution in [0.4, 0.5) is 4.39 Å². The number of hydrogen-bond acceptors (Lipinski definition) is 4. The van der Waals surface area contributed by atoms with Gasteiger partial charge in [0.05, 0.1) is 12.7 Å². The molecule has 3 heterocycles. The molecule has 0 saturated carbocycles. The predicted octanol–water partition coefficient (Wildman–Crippen LogP) is 2.69. The van der Waals surface area contributed by atoms with E-state index in [1.165, 1.54) is 19.4 Å². The Hall–Kier alpha value is -3.22. The largest absolute Gasteiger partial charge is 0.465 e. The van der Waals surface area contributed by atoms with Gasteiger partial charge in [0.1, 0.15) is 0 Å². The molecule has 0 aliphatic carbocycles. The molecule has 6 nitrogen and oxygen atoms in total. The molecule has 132 valence electrons. The number of pyridine rings is 1. The zero-order valence-corrected chi connectivity index (χ0v) is 14.1. The van der Waals surface area contributed by atoms with Crippen molar-refractivity contribution in [1.29, 1.82) is 0 Å². The van der Waals surface area contributed by atoms with Crippen LogP contribution in [0.1, 0.15) is 32.0 Å². The molecule has 26 heavy (non-hydrogen) atoms. The summed E-state index contributed by atoms with van der Waals surface area (Å²) < 4.78 is 18.1. The molecular formula is C19H16FN3O3. The van der Waals surface area contributed by atoms with E-state index in [0.717, 1.165) is 28.2 Å². The van der Waals surface area contributed by atoms with E-state index in [2.05, 4.69) is 9.97 Å². The molecule has 0 atom stereocenters. The van der Waals surface area contributed by atoms with Crippen molar-refractivity contribution in [3.8, 4) is 0 Å². The van der Waals surface area contributed by atoms with E-state index >= 15 is 0 Å². The highest BCUT2D eigenvalue weighted by Crippen LogP contribution is 2.29. The number of nitrogens with one attached hydrogen (secondary N) is 1. The fourth-order valence-electron chi connectivity index (χ4n) is 3.35. The number of H-pyrrole nitrogens is 1. The summed E-state index contributed by atoms with van der Waals surface area (Å²) in [6.45, 7) is 0.926. The van der Waals surface area contributed by atoms with E-state index in [4.69, 9.17) is 4.74 Å². The van der Waals surface area contributed by atoms with Crippen LogP contribution in [0.15, 0.2) is 36.5 Å². The Morgan fingerprint density at radius 2 is 2.08 bits per heavy atom. The van der Waals surface area contributed by atoms with Crippen molar-refractivity contribution in [2.75, 3.05) is 13.7 Å². The van der Waals surface area contributed by atoms with E-state index in [0.29, 0.717) is 25.1 Å². The Morgan fingerprint density at radius 1 is 1.23 bits per heavy atom. The molecule has 2 aromatic heterocycles. The van der Waals surface area contributed by atoms with Crippen LogP contribution in [0.25, 0.3) is 10.9 Å². The molecule has 0 fully saturated rings. The molecule has 1 aliphatic heterocycles. The van der Waals surface area contributed by atoms with E-state index < -0.39 is 11.9 Å². The molecule has 1 N–H and O–H groups in total. The van der Waals surface area contributed by atoms with Gasteiger partial charge in [-0.2, -0.15) is 4.39 Å². The fraction of sp³-hybridized carbons (Fsp3) is 0.211.